The minimum atomic E-state index is 0.596. The third-order valence-electron chi connectivity index (χ3n) is 4.47. The zero-order valence-electron chi connectivity index (χ0n) is 12.9. The molecular formula is C17H18N6. The fourth-order valence-corrected chi connectivity index (χ4v) is 2.90. The topological polar surface area (TPSA) is 68.9 Å². The van der Waals surface area contributed by atoms with Crippen LogP contribution in [0.4, 0.5) is 11.6 Å². The van der Waals surface area contributed by atoms with Gasteiger partial charge in [0.2, 0.25) is 0 Å². The van der Waals surface area contributed by atoms with E-state index in [4.69, 9.17) is 5.26 Å². The van der Waals surface area contributed by atoms with Crippen LogP contribution in [0.5, 0.6) is 0 Å². The van der Waals surface area contributed by atoms with Crippen molar-refractivity contribution in [1.82, 2.24) is 15.2 Å². The number of pyridine rings is 1. The quantitative estimate of drug-likeness (QED) is 0.863. The summed E-state index contributed by atoms with van der Waals surface area (Å²) in [5.41, 5.74) is 1.73. The lowest BCUT2D eigenvalue weighted by Gasteiger charge is -2.35. The Morgan fingerprint density at radius 1 is 0.913 bits per heavy atom. The maximum Gasteiger partial charge on any atom is 0.151 e. The molecule has 1 saturated heterocycles. The number of rotatable bonds is 3. The van der Waals surface area contributed by atoms with Crippen LogP contribution in [0.25, 0.3) is 0 Å². The Kier molecular flexibility index (Phi) is 3.54. The Morgan fingerprint density at radius 3 is 2.13 bits per heavy atom. The van der Waals surface area contributed by atoms with Crippen molar-refractivity contribution in [2.24, 2.45) is 0 Å². The zero-order chi connectivity index (χ0) is 15.6. The molecule has 6 heteroatoms. The van der Waals surface area contributed by atoms with Gasteiger partial charge in [-0.3, -0.25) is 0 Å². The van der Waals surface area contributed by atoms with Gasteiger partial charge in [0.25, 0.3) is 0 Å². The number of nitrogens with zero attached hydrogens (tertiary/aromatic N) is 6. The Labute approximate surface area is 135 Å². The molecule has 0 amide bonds. The number of nitriles is 1. The minimum Gasteiger partial charge on any atom is -0.353 e. The van der Waals surface area contributed by atoms with Crippen molar-refractivity contribution in [3.05, 3.63) is 41.7 Å². The molecule has 2 aromatic rings. The molecule has 0 bridgehead atoms. The maximum absolute atomic E-state index is 8.83. The molecule has 6 nitrogen and oxygen atoms in total. The predicted octanol–water partition coefficient (Wildman–Crippen LogP) is 1.95. The normalized spacial score (nSPS) is 17.9. The van der Waals surface area contributed by atoms with Crippen LogP contribution in [-0.4, -0.2) is 41.4 Å². The number of hydrogen-bond acceptors (Lipinski definition) is 6. The summed E-state index contributed by atoms with van der Waals surface area (Å²) >= 11 is 0. The molecule has 2 aromatic heterocycles. The highest BCUT2D eigenvalue weighted by molar-refractivity contribution is 5.46. The number of aromatic nitrogens is 3. The monoisotopic (exact) mass is 306 g/mol. The lowest BCUT2D eigenvalue weighted by Crippen LogP contribution is -2.47. The molecule has 23 heavy (non-hydrogen) atoms. The SMILES string of the molecule is N#Cc1ccc(N2CCN(c3ccc(C4CC4)nn3)CC2)nc1. The van der Waals surface area contributed by atoms with Crippen molar-refractivity contribution in [3.8, 4) is 6.07 Å². The van der Waals surface area contributed by atoms with Crippen LogP contribution in [0, 0.1) is 11.3 Å². The van der Waals surface area contributed by atoms with Crippen LogP contribution in [0.1, 0.15) is 30.0 Å². The fraction of sp³-hybridized carbons (Fsp3) is 0.412. The first-order chi connectivity index (χ1) is 11.3. The van der Waals surface area contributed by atoms with Crippen LogP contribution in [0.2, 0.25) is 0 Å². The first-order valence-corrected chi connectivity index (χ1v) is 8.03. The molecule has 0 unspecified atom stereocenters. The lowest BCUT2D eigenvalue weighted by molar-refractivity contribution is 0.637. The highest BCUT2D eigenvalue weighted by Crippen LogP contribution is 2.38. The molecule has 1 aliphatic heterocycles. The van der Waals surface area contributed by atoms with E-state index in [0.717, 1.165) is 43.5 Å². The van der Waals surface area contributed by atoms with Gasteiger partial charge in [-0.15, -0.1) is 5.10 Å². The molecule has 4 rings (SSSR count). The zero-order valence-corrected chi connectivity index (χ0v) is 12.9. The van der Waals surface area contributed by atoms with Gasteiger partial charge < -0.3 is 9.80 Å². The van der Waals surface area contributed by atoms with Crippen molar-refractivity contribution < 1.29 is 0 Å². The summed E-state index contributed by atoms with van der Waals surface area (Å²) in [6, 6.07) is 10.0. The van der Waals surface area contributed by atoms with Gasteiger partial charge >= 0.3 is 0 Å². The molecular weight excluding hydrogens is 288 g/mol. The summed E-state index contributed by atoms with van der Waals surface area (Å²) in [5, 5.41) is 17.6. The summed E-state index contributed by atoms with van der Waals surface area (Å²) in [6.45, 7) is 3.59. The van der Waals surface area contributed by atoms with Gasteiger partial charge in [-0.2, -0.15) is 10.4 Å². The van der Waals surface area contributed by atoms with Crippen LogP contribution < -0.4 is 9.80 Å². The van der Waals surface area contributed by atoms with Gasteiger partial charge in [-0.1, -0.05) is 0 Å². The molecule has 1 saturated carbocycles. The van der Waals surface area contributed by atoms with Crippen LogP contribution in [0.15, 0.2) is 30.5 Å². The molecule has 2 fully saturated rings. The second-order valence-corrected chi connectivity index (χ2v) is 6.08. The number of piperazine rings is 1. The second-order valence-electron chi connectivity index (χ2n) is 6.08. The Bertz CT molecular complexity index is 706. The predicted molar refractivity (Wildman–Crippen MR) is 87.4 cm³/mol. The lowest BCUT2D eigenvalue weighted by atomic mass is 10.2. The molecule has 3 heterocycles. The maximum atomic E-state index is 8.83. The van der Waals surface area contributed by atoms with Crippen molar-refractivity contribution in [1.29, 1.82) is 5.26 Å². The van der Waals surface area contributed by atoms with Gasteiger partial charge in [0, 0.05) is 38.3 Å². The van der Waals surface area contributed by atoms with Gasteiger partial charge in [-0.25, -0.2) is 4.98 Å². The molecule has 2 aliphatic rings. The minimum absolute atomic E-state index is 0.596. The van der Waals surface area contributed by atoms with E-state index >= 15 is 0 Å². The molecule has 0 aromatic carbocycles. The van der Waals surface area contributed by atoms with Gasteiger partial charge in [0.1, 0.15) is 11.9 Å². The largest absolute Gasteiger partial charge is 0.353 e. The molecule has 0 spiro atoms. The van der Waals surface area contributed by atoms with E-state index in [-0.39, 0.29) is 0 Å². The first kappa shape index (κ1) is 13.9. The van der Waals surface area contributed by atoms with Crippen LogP contribution >= 0.6 is 0 Å². The van der Waals surface area contributed by atoms with Gasteiger partial charge in [0.05, 0.1) is 11.3 Å². The van der Waals surface area contributed by atoms with Crippen LogP contribution in [-0.2, 0) is 0 Å². The fourth-order valence-electron chi connectivity index (χ4n) is 2.90. The Morgan fingerprint density at radius 2 is 1.61 bits per heavy atom. The second kappa shape index (κ2) is 5.84. The van der Waals surface area contributed by atoms with E-state index in [1.54, 1.807) is 6.20 Å². The number of hydrogen-bond donors (Lipinski definition) is 0. The average Bonchev–Trinajstić information content (AvgIpc) is 3.47. The summed E-state index contributed by atoms with van der Waals surface area (Å²) in [4.78, 5) is 8.87. The molecule has 116 valence electrons. The highest BCUT2D eigenvalue weighted by Gasteiger charge is 2.26. The number of anilines is 2. The average molecular weight is 306 g/mol. The Hall–Kier alpha value is -2.68. The molecule has 0 atom stereocenters. The van der Waals surface area contributed by atoms with Crippen molar-refractivity contribution in [2.45, 2.75) is 18.8 Å². The summed E-state index contributed by atoms with van der Waals surface area (Å²) in [5.74, 6) is 2.54. The standard InChI is InChI=1S/C17H18N6/c18-11-13-1-5-16(19-12-13)22-7-9-23(10-8-22)17-6-4-15(20-21-17)14-2-3-14/h1,4-6,12,14H,2-3,7-10H2. The van der Waals surface area contributed by atoms with Crippen LogP contribution in [0.3, 0.4) is 0 Å². The van der Waals surface area contributed by atoms with E-state index in [0.29, 0.717) is 11.5 Å². The van der Waals surface area contributed by atoms with E-state index < -0.39 is 0 Å². The smallest absolute Gasteiger partial charge is 0.151 e. The summed E-state index contributed by atoms with van der Waals surface area (Å²) < 4.78 is 0. The van der Waals surface area contributed by atoms with E-state index in [9.17, 15) is 0 Å². The third kappa shape index (κ3) is 2.95. The summed E-state index contributed by atoms with van der Waals surface area (Å²) in [7, 11) is 0. The molecule has 1 aliphatic carbocycles. The summed E-state index contributed by atoms with van der Waals surface area (Å²) in [6.07, 6.45) is 4.14. The van der Waals surface area contributed by atoms with Crippen molar-refractivity contribution in [3.63, 3.8) is 0 Å². The molecule has 0 radical (unpaired) electrons. The Balaban J connectivity index is 1.39. The van der Waals surface area contributed by atoms with Crippen molar-refractivity contribution in [2.75, 3.05) is 36.0 Å². The van der Waals surface area contributed by atoms with E-state index in [2.05, 4.69) is 43.2 Å². The van der Waals surface area contributed by atoms with E-state index in [1.807, 2.05) is 12.1 Å². The van der Waals surface area contributed by atoms with Gasteiger partial charge in [-0.05, 0) is 37.1 Å². The van der Waals surface area contributed by atoms with Gasteiger partial charge in [0.15, 0.2) is 5.82 Å². The first-order valence-electron chi connectivity index (χ1n) is 8.03. The molecule has 0 N–H and O–H groups in total. The third-order valence-corrected chi connectivity index (χ3v) is 4.47. The van der Waals surface area contributed by atoms with Crippen molar-refractivity contribution >= 4 is 11.6 Å². The van der Waals surface area contributed by atoms with E-state index in [1.165, 1.54) is 12.8 Å². The highest BCUT2D eigenvalue weighted by atomic mass is 15.3.